The number of ether oxygens (including phenoxy) is 2. The molecule has 1 saturated heterocycles. The molecule has 1 aliphatic carbocycles. The molecule has 1 fully saturated rings. The van der Waals surface area contributed by atoms with Crippen LogP contribution >= 0.6 is 0 Å². The van der Waals surface area contributed by atoms with Gasteiger partial charge in [-0.3, -0.25) is 4.79 Å². The van der Waals surface area contributed by atoms with Crippen molar-refractivity contribution in [2.24, 2.45) is 5.41 Å². The number of benzene rings is 1. The number of carboxylic acids is 1. The number of unbranched alkanes of at least 4 members (excludes halogenated alkanes) is 1. The molecule has 1 aromatic carbocycles. The van der Waals surface area contributed by atoms with E-state index in [1.54, 1.807) is 30.2 Å². The molecule has 6 nitrogen and oxygen atoms in total. The molecule has 0 bridgehead atoms. The van der Waals surface area contributed by atoms with Gasteiger partial charge in [-0.2, -0.15) is 0 Å². The number of aliphatic carboxylic acids is 1. The Morgan fingerprint density at radius 2 is 1.97 bits per heavy atom. The Morgan fingerprint density at radius 1 is 1.21 bits per heavy atom. The van der Waals surface area contributed by atoms with Crippen LogP contribution in [-0.4, -0.2) is 48.9 Å². The highest BCUT2D eigenvalue weighted by Crippen LogP contribution is 2.46. The van der Waals surface area contributed by atoms with Crippen molar-refractivity contribution in [3.63, 3.8) is 0 Å². The first-order valence-corrected chi connectivity index (χ1v) is 11.9. The second kappa shape index (κ2) is 11.7. The molecule has 3 rings (SSSR count). The lowest BCUT2D eigenvalue weighted by molar-refractivity contribution is -0.137. The fourth-order valence-electron chi connectivity index (χ4n) is 4.83. The second-order valence-electron chi connectivity index (χ2n) is 9.06. The molecule has 0 unspecified atom stereocenters. The van der Waals surface area contributed by atoms with Gasteiger partial charge in [0.1, 0.15) is 12.4 Å². The molecule has 34 heavy (non-hydrogen) atoms. The van der Waals surface area contributed by atoms with E-state index in [4.69, 9.17) is 14.6 Å². The summed E-state index contributed by atoms with van der Waals surface area (Å²) in [6.45, 7) is 8.86. The average Bonchev–Trinajstić information content (AvgIpc) is 2.84. The smallest absolute Gasteiger partial charge is 0.410 e. The maximum absolute atomic E-state index is 12.6. The van der Waals surface area contributed by atoms with Gasteiger partial charge in [-0.15, -0.1) is 0 Å². The van der Waals surface area contributed by atoms with Crippen LogP contribution in [0.5, 0.6) is 5.75 Å². The summed E-state index contributed by atoms with van der Waals surface area (Å²) in [7, 11) is 1.67. The summed E-state index contributed by atoms with van der Waals surface area (Å²) in [4.78, 5) is 25.3. The van der Waals surface area contributed by atoms with Crippen molar-refractivity contribution < 1.29 is 24.2 Å². The fraction of sp³-hybridized carbons (Fsp3) is 0.429. The highest BCUT2D eigenvalue weighted by Gasteiger charge is 2.38. The zero-order chi connectivity index (χ0) is 24.6. The number of nitrogens with zero attached hydrogens (tertiary/aromatic N) is 1. The largest absolute Gasteiger partial charge is 0.497 e. The van der Waals surface area contributed by atoms with Crippen LogP contribution in [0.3, 0.4) is 0 Å². The molecule has 1 aromatic rings. The zero-order valence-corrected chi connectivity index (χ0v) is 20.1. The van der Waals surface area contributed by atoms with E-state index in [9.17, 15) is 9.59 Å². The van der Waals surface area contributed by atoms with Crippen LogP contribution in [-0.2, 0) is 16.0 Å². The van der Waals surface area contributed by atoms with Crippen molar-refractivity contribution >= 4 is 17.6 Å². The number of hydrogen-bond acceptors (Lipinski definition) is 4. The quantitative estimate of drug-likeness (QED) is 0.349. The summed E-state index contributed by atoms with van der Waals surface area (Å²) >= 11 is 0. The Hall–Kier alpha value is -3.28. The van der Waals surface area contributed by atoms with Crippen molar-refractivity contribution in [3.05, 3.63) is 72.4 Å². The highest BCUT2D eigenvalue weighted by molar-refractivity contribution is 5.73. The molecule has 6 heteroatoms. The van der Waals surface area contributed by atoms with Crippen molar-refractivity contribution in [3.8, 4) is 5.75 Å². The Bertz CT molecular complexity index is 983. The maximum Gasteiger partial charge on any atom is 0.410 e. The number of likely N-dealkylation sites (tertiary alicyclic amines) is 1. The Labute approximate surface area is 202 Å². The SMILES string of the molecule is C=C/C=C(\C=C)COC(=O)N1CCC2(C=C(CCCCC(=O)O)c3cc(OC)ccc3C2)CC1. The maximum atomic E-state index is 12.6. The molecule has 1 amide bonds. The van der Waals surface area contributed by atoms with E-state index in [1.165, 1.54) is 16.7 Å². The third-order valence-corrected chi connectivity index (χ3v) is 6.75. The van der Waals surface area contributed by atoms with Crippen LogP contribution in [0.2, 0.25) is 0 Å². The first-order chi connectivity index (χ1) is 16.4. The third-order valence-electron chi connectivity index (χ3n) is 6.75. The van der Waals surface area contributed by atoms with Gasteiger partial charge in [0.2, 0.25) is 0 Å². The molecular weight excluding hydrogens is 430 g/mol. The van der Waals surface area contributed by atoms with Crippen LogP contribution in [0.25, 0.3) is 5.57 Å². The van der Waals surface area contributed by atoms with E-state index in [0.717, 1.165) is 43.4 Å². The molecule has 1 heterocycles. The van der Waals surface area contributed by atoms with E-state index < -0.39 is 5.97 Å². The van der Waals surface area contributed by atoms with Crippen molar-refractivity contribution in [1.29, 1.82) is 0 Å². The van der Waals surface area contributed by atoms with E-state index in [1.807, 2.05) is 6.07 Å². The number of piperidine rings is 1. The van der Waals surface area contributed by atoms with Gasteiger partial charge in [-0.1, -0.05) is 43.5 Å². The van der Waals surface area contributed by atoms with Crippen LogP contribution in [0, 0.1) is 5.41 Å². The number of amides is 1. The minimum Gasteiger partial charge on any atom is -0.497 e. The number of carboxylic acid groups (broad SMARTS) is 1. The molecule has 0 saturated carbocycles. The minimum atomic E-state index is -0.754. The molecule has 1 aliphatic heterocycles. The summed E-state index contributed by atoms with van der Waals surface area (Å²) in [6.07, 6.45) is 12.3. The number of carbonyl (C=O) groups excluding carboxylic acids is 1. The predicted octanol–water partition coefficient (Wildman–Crippen LogP) is 5.80. The Balaban J connectivity index is 1.69. The van der Waals surface area contributed by atoms with Gasteiger partial charge in [0.15, 0.2) is 0 Å². The van der Waals surface area contributed by atoms with E-state index in [0.29, 0.717) is 19.5 Å². The molecule has 0 atom stereocenters. The first-order valence-electron chi connectivity index (χ1n) is 11.9. The molecular formula is C28H35NO5. The monoisotopic (exact) mass is 465 g/mol. The zero-order valence-electron chi connectivity index (χ0n) is 20.1. The van der Waals surface area contributed by atoms with Crippen LogP contribution in [0.1, 0.15) is 49.7 Å². The summed E-state index contributed by atoms with van der Waals surface area (Å²) in [5.41, 5.74) is 4.56. The van der Waals surface area contributed by atoms with E-state index >= 15 is 0 Å². The predicted molar refractivity (Wildman–Crippen MR) is 134 cm³/mol. The van der Waals surface area contributed by atoms with Gasteiger partial charge >= 0.3 is 12.1 Å². The molecule has 0 aromatic heterocycles. The summed E-state index contributed by atoms with van der Waals surface area (Å²) in [5, 5.41) is 8.97. The van der Waals surface area contributed by atoms with Crippen molar-refractivity contribution in [2.45, 2.75) is 44.9 Å². The van der Waals surface area contributed by atoms with Crippen LogP contribution in [0.15, 0.2) is 61.2 Å². The number of fused-ring (bicyclic) bond motifs is 1. The molecule has 1 N–H and O–H groups in total. The number of carbonyl (C=O) groups is 2. The van der Waals surface area contributed by atoms with Gasteiger partial charge in [0.05, 0.1) is 7.11 Å². The van der Waals surface area contributed by atoms with Crippen LogP contribution < -0.4 is 4.74 Å². The molecule has 2 aliphatic rings. The Morgan fingerprint density at radius 3 is 2.62 bits per heavy atom. The lowest BCUT2D eigenvalue weighted by Gasteiger charge is -2.43. The van der Waals surface area contributed by atoms with E-state index in [2.05, 4.69) is 31.4 Å². The minimum absolute atomic E-state index is 0.00445. The highest BCUT2D eigenvalue weighted by atomic mass is 16.6. The van der Waals surface area contributed by atoms with Gasteiger partial charge in [0.25, 0.3) is 0 Å². The molecule has 0 radical (unpaired) electrons. The molecule has 1 spiro atoms. The number of rotatable bonds is 10. The summed E-state index contributed by atoms with van der Waals surface area (Å²) < 4.78 is 10.9. The molecule has 182 valence electrons. The lowest BCUT2D eigenvalue weighted by Crippen LogP contribution is -2.44. The third kappa shape index (κ3) is 6.40. The summed E-state index contributed by atoms with van der Waals surface area (Å²) in [5.74, 6) is 0.0729. The second-order valence-corrected chi connectivity index (χ2v) is 9.06. The number of allylic oxidation sites excluding steroid dienone is 4. The lowest BCUT2D eigenvalue weighted by atomic mass is 9.67. The first kappa shape index (κ1) is 25.3. The topological polar surface area (TPSA) is 76.1 Å². The van der Waals surface area contributed by atoms with Crippen molar-refractivity contribution in [2.75, 3.05) is 26.8 Å². The van der Waals surface area contributed by atoms with Gasteiger partial charge in [0, 0.05) is 19.5 Å². The number of hydrogen-bond donors (Lipinski definition) is 1. The van der Waals surface area contributed by atoms with E-state index in [-0.39, 0.29) is 24.5 Å². The van der Waals surface area contributed by atoms with Crippen molar-refractivity contribution in [1.82, 2.24) is 4.90 Å². The van der Waals surface area contributed by atoms with Crippen LogP contribution in [0.4, 0.5) is 4.79 Å². The van der Waals surface area contributed by atoms with Gasteiger partial charge < -0.3 is 19.5 Å². The van der Waals surface area contributed by atoms with Gasteiger partial charge in [-0.05, 0) is 78.3 Å². The Kier molecular flexibility index (Phi) is 8.74. The fourth-order valence-corrected chi connectivity index (χ4v) is 4.83. The average molecular weight is 466 g/mol. The number of methoxy groups -OCH3 is 1. The standard InChI is InChI=1S/C28H35NO5/c1-4-8-21(5-2)20-34-27(32)29-15-13-28(14-16-29)18-22(9-6-7-10-26(30)31)25-17-24(33-3)12-11-23(25)19-28/h4-5,8,11-12,17-18H,1-2,6-7,9-10,13-16,19-20H2,3H3,(H,30,31)/b21-8+. The summed E-state index contributed by atoms with van der Waals surface area (Å²) in [6, 6.07) is 6.23. The normalized spacial score (nSPS) is 16.9. The van der Waals surface area contributed by atoms with Gasteiger partial charge in [-0.25, -0.2) is 4.79 Å².